The predicted molar refractivity (Wildman–Crippen MR) is 105 cm³/mol. The number of carbonyl (C=O) groups excluding carboxylic acids is 2. The van der Waals surface area contributed by atoms with E-state index in [1.807, 2.05) is 30.3 Å². The molecule has 0 unspecified atom stereocenters. The molecule has 0 aliphatic carbocycles. The van der Waals surface area contributed by atoms with Crippen LogP contribution in [-0.4, -0.2) is 23.5 Å². The maximum atomic E-state index is 12.4. The van der Waals surface area contributed by atoms with Crippen molar-refractivity contribution < 1.29 is 24.0 Å². The van der Waals surface area contributed by atoms with Crippen molar-refractivity contribution in [2.75, 3.05) is 6.61 Å². The van der Waals surface area contributed by atoms with E-state index in [0.717, 1.165) is 5.56 Å². The minimum Gasteiger partial charge on any atom is -0.462 e. The molecular weight excluding hydrogens is 374 g/mol. The van der Waals surface area contributed by atoms with E-state index in [1.54, 1.807) is 12.1 Å². The van der Waals surface area contributed by atoms with Crippen LogP contribution in [0.25, 0.3) is 0 Å². The fourth-order valence-electron chi connectivity index (χ4n) is 2.67. The number of esters is 2. The highest BCUT2D eigenvalue weighted by molar-refractivity contribution is 5.98. The minimum absolute atomic E-state index is 0.0274. The average Bonchev–Trinajstić information content (AvgIpc) is 2.74. The lowest BCUT2D eigenvalue weighted by Gasteiger charge is -2.10. The monoisotopic (exact) mass is 391 g/mol. The van der Waals surface area contributed by atoms with E-state index >= 15 is 0 Å². The highest BCUT2D eigenvalue weighted by Crippen LogP contribution is 2.24. The molecule has 3 rings (SSSR count). The number of nitro benzene ring substituents is 1. The first-order valence-electron chi connectivity index (χ1n) is 8.82. The smallest absolute Gasteiger partial charge is 0.350 e. The molecule has 0 bridgehead atoms. The molecule has 0 amide bonds. The maximum absolute atomic E-state index is 12.4. The topological polar surface area (TPSA) is 95.7 Å². The second kappa shape index (κ2) is 9.27. The lowest BCUT2D eigenvalue weighted by atomic mass is 10.1. The molecule has 0 saturated heterocycles. The van der Waals surface area contributed by atoms with Gasteiger partial charge in [0.15, 0.2) is 0 Å². The molecule has 7 nitrogen and oxygen atoms in total. The predicted octanol–water partition coefficient (Wildman–Crippen LogP) is 4.21. The molecule has 0 heterocycles. The Balaban J connectivity index is 1.71. The van der Waals surface area contributed by atoms with Crippen LogP contribution < -0.4 is 4.74 Å². The second-order valence-electron chi connectivity index (χ2n) is 6.03. The summed E-state index contributed by atoms with van der Waals surface area (Å²) in [5, 5.41) is 11.1. The zero-order chi connectivity index (χ0) is 20.6. The first-order chi connectivity index (χ1) is 14.1. The van der Waals surface area contributed by atoms with Crippen molar-refractivity contribution in [1.82, 2.24) is 0 Å². The quantitative estimate of drug-likeness (QED) is 0.259. The molecule has 0 atom stereocenters. The molecule has 3 aromatic rings. The van der Waals surface area contributed by atoms with Gasteiger partial charge in [-0.05, 0) is 23.8 Å². The molecule has 0 aromatic heterocycles. The zero-order valence-electron chi connectivity index (χ0n) is 15.3. The third kappa shape index (κ3) is 5.04. The third-order valence-electron chi connectivity index (χ3n) is 4.10. The number of para-hydroxylation sites is 2. The molecular formula is C22H17NO6. The second-order valence-corrected chi connectivity index (χ2v) is 6.03. The Morgan fingerprint density at radius 3 is 2.14 bits per heavy atom. The van der Waals surface area contributed by atoms with Gasteiger partial charge < -0.3 is 9.47 Å². The molecule has 0 N–H and O–H groups in total. The van der Waals surface area contributed by atoms with Crippen molar-refractivity contribution in [3.63, 3.8) is 0 Å². The Bertz CT molecular complexity index is 1030. The Hall–Kier alpha value is -4.00. The molecule has 3 aromatic carbocycles. The van der Waals surface area contributed by atoms with E-state index in [9.17, 15) is 19.7 Å². The van der Waals surface area contributed by atoms with Gasteiger partial charge in [-0.25, -0.2) is 9.59 Å². The van der Waals surface area contributed by atoms with Crippen molar-refractivity contribution in [1.29, 1.82) is 0 Å². The lowest BCUT2D eigenvalue weighted by molar-refractivity contribution is -0.385. The van der Waals surface area contributed by atoms with Crippen LogP contribution >= 0.6 is 0 Å². The van der Waals surface area contributed by atoms with Crippen LogP contribution in [0.4, 0.5) is 5.69 Å². The van der Waals surface area contributed by atoms with Crippen LogP contribution in [0.3, 0.4) is 0 Å². The number of hydrogen-bond donors (Lipinski definition) is 0. The normalized spacial score (nSPS) is 10.2. The van der Waals surface area contributed by atoms with Crippen molar-refractivity contribution in [2.45, 2.75) is 6.42 Å². The summed E-state index contributed by atoms with van der Waals surface area (Å²) in [5.41, 5.74) is 0.508. The molecule has 0 fully saturated rings. The molecule has 0 aliphatic heterocycles. The number of benzene rings is 3. The standard InChI is InChI=1S/C22H17NO6/c24-21(28-15-14-16-8-2-1-3-9-16)18-11-5-7-13-20(18)29-22(25)17-10-4-6-12-19(17)23(26)27/h1-13H,14-15H2. The summed E-state index contributed by atoms with van der Waals surface area (Å²) in [6.45, 7) is 0.162. The summed E-state index contributed by atoms with van der Waals surface area (Å²) >= 11 is 0. The number of rotatable bonds is 7. The summed E-state index contributed by atoms with van der Waals surface area (Å²) in [5.74, 6) is -1.60. The van der Waals surface area contributed by atoms with Gasteiger partial charge in [-0.3, -0.25) is 10.1 Å². The largest absolute Gasteiger partial charge is 0.462 e. The van der Waals surface area contributed by atoms with Crippen LogP contribution in [0.15, 0.2) is 78.9 Å². The number of ether oxygens (including phenoxy) is 2. The van der Waals surface area contributed by atoms with E-state index in [1.165, 1.54) is 36.4 Å². The molecule has 146 valence electrons. The van der Waals surface area contributed by atoms with Gasteiger partial charge in [-0.1, -0.05) is 54.6 Å². The van der Waals surface area contributed by atoms with Crippen molar-refractivity contribution >= 4 is 17.6 Å². The number of nitrogens with zero attached hydrogens (tertiary/aromatic N) is 1. The summed E-state index contributed by atoms with van der Waals surface area (Å²) in [6.07, 6.45) is 0.546. The molecule has 29 heavy (non-hydrogen) atoms. The van der Waals surface area contributed by atoms with Crippen LogP contribution in [0.2, 0.25) is 0 Å². The third-order valence-corrected chi connectivity index (χ3v) is 4.10. The van der Waals surface area contributed by atoms with Gasteiger partial charge in [-0.15, -0.1) is 0 Å². The van der Waals surface area contributed by atoms with Crippen LogP contribution in [0.1, 0.15) is 26.3 Å². The summed E-state index contributed by atoms with van der Waals surface area (Å²) in [4.78, 5) is 35.3. The summed E-state index contributed by atoms with van der Waals surface area (Å²) < 4.78 is 10.5. The molecule has 0 radical (unpaired) electrons. The SMILES string of the molecule is O=C(OCCc1ccccc1)c1ccccc1OC(=O)c1ccccc1[N+](=O)[O-]. The van der Waals surface area contributed by atoms with Gasteiger partial charge in [0.1, 0.15) is 16.9 Å². The maximum Gasteiger partial charge on any atom is 0.350 e. The van der Waals surface area contributed by atoms with Crippen LogP contribution in [0.5, 0.6) is 5.75 Å². The van der Waals surface area contributed by atoms with Crippen molar-refractivity contribution in [3.8, 4) is 5.75 Å². The van der Waals surface area contributed by atoms with Crippen molar-refractivity contribution in [2.24, 2.45) is 0 Å². The fraction of sp³-hybridized carbons (Fsp3) is 0.0909. The van der Waals surface area contributed by atoms with Crippen LogP contribution in [0, 0.1) is 10.1 Å². The fourth-order valence-corrected chi connectivity index (χ4v) is 2.67. The average molecular weight is 391 g/mol. The highest BCUT2D eigenvalue weighted by Gasteiger charge is 2.23. The Kier molecular flexibility index (Phi) is 6.32. The number of nitro groups is 1. The van der Waals surface area contributed by atoms with Crippen LogP contribution in [-0.2, 0) is 11.2 Å². The van der Waals surface area contributed by atoms with Gasteiger partial charge in [0, 0.05) is 12.5 Å². The van der Waals surface area contributed by atoms with Gasteiger partial charge in [-0.2, -0.15) is 0 Å². The zero-order valence-corrected chi connectivity index (χ0v) is 15.3. The van der Waals surface area contributed by atoms with E-state index < -0.39 is 16.9 Å². The van der Waals surface area contributed by atoms with Gasteiger partial charge in [0.2, 0.25) is 0 Å². The Morgan fingerprint density at radius 2 is 1.41 bits per heavy atom. The Labute approximate surface area is 166 Å². The van der Waals surface area contributed by atoms with E-state index in [-0.39, 0.29) is 29.2 Å². The molecule has 0 aliphatic rings. The first kappa shape index (κ1) is 19.8. The van der Waals surface area contributed by atoms with Crippen molar-refractivity contribution in [3.05, 3.63) is 106 Å². The van der Waals surface area contributed by atoms with Gasteiger partial charge in [0.25, 0.3) is 5.69 Å². The summed E-state index contributed by atoms with van der Waals surface area (Å²) in [6, 6.07) is 21.1. The lowest BCUT2D eigenvalue weighted by Crippen LogP contribution is -2.15. The molecule has 0 saturated carbocycles. The van der Waals surface area contributed by atoms with Gasteiger partial charge >= 0.3 is 11.9 Å². The van der Waals surface area contributed by atoms with E-state index in [0.29, 0.717) is 6.42 Å². The highest BCUT2D eigenvalue weighted by atomic mass is 16.6. The number of hydrogen-bond acceptors (Lipinski definition) is 6. The summed E-state index contributed by atoms with van der Waals surface area (Å²) in [7, 11) is 0. The minimum atomic E-state index is -0.929. The Morgan fingerprint density at radius 1 is 0.793 bits per heavy atom. The number of carbonyl (C=O) groups is 2. The van der Waals surface area contributed by atoms with Gasteiger partial charge in [0.05, 0.1) is 11.5 Å². The van der Waals surface area contributed by atoms with E-state index in [2.05, 4.69) is 0 Å². The van der Waals surface area contributed by atoms with E-state index in [4.69, 9.17) is 9.47 Å². The molecule has 0 spiro atoms. The first-order valence-corrected chi connectivity index (χ1v) is 8.82. The molecule has 7 heteroatoms.